The Morgan fingerprint density at radius 2 is 2.18 bits per heavy atom. The number of aliphatic imine (C=N–C) groups is 1. The summed E-state index contributed by atoms with van der Waals surface area (Å²) in [4.78, 5) is 6.43. The summed E-state index contributed by atoms with van der Waals surface area (Å²) in [5.74, 6) is 2.50. The Labute approximate surface area is 149 Å². The van der Waals surface area contributed by atoms with Gasteiger partial charge in [0.1, 0.15) is 0 Å². The molecule has 0 saturated carbocycles. The minimum Gasteiger partial charge on any atom is -0.454 e. The SMILES string of the molecule is C=CCCCN(C)C(=NC)NCc1ccc2c(c1)OCO2.I. The first-order valence-electron chi connectivity index (χ1n) is 7.16. The first kappa shape index (κ1) is 18.6. The fourth-order valence-corrected chi connectivity index (χ4v) is 2.20. The number of guanidine groups is 1. The van der Waals surface area contributed by atoms with Gasteiger partial charge in [-0.05, 0) is 30.5 Å². The monoisotopic (exact) mass is 417 g/mol. The third kappa shape index (κ3) is 5.08. The van der Waals surface area contributed by atoms with E-state index < -0.39 is 0 Å². The number of ether oxygens (including phenoxy) is 2. The lowest BCUT2D eigenvalue weighted by molar-refractivity contribution is 0.174. The molecule has 0 bridgehead atoms. The topological polar surface area (TPSA) is 46.1 Å². The van der Waals surface area contributed by atoms with Gasteiger partial charge in [0.2, 0.25) is 6.79 Å². The van der Waals surface area contributed by atoms with Crippen LogP contribution in [-0.2, 0) is 6.54 Å². The lowest BCUT2D eigenvalue weighted by Crippen LogP contribution is -2.38. The zero-order valence-electron chi connectivity index (χ0n) is 13.2. The standard InChI is InChI=1S/C16H23N3O2.HI/c1-4-5-6-9-19(3)16(17-2)18-11-13-7-8-14-15(10-13)21-12-20-14;/h4,7-8,10H,1,5-6,9,11-12H2,2-3H3,(H,17,18);1H. The summed E-state index contributed by atoms with van der Waals surface area (Å²) in [6.45, 7) is 5.70. The molecule has 1 N–H and O–H groups in total. The molecule has 22 heavy (non-hydrogen) atoms. The van der Waals surface area contributed by atoms with Crippen LogP contribution in [0, 0.1) is 0 Å². The van der Waals surface area contributed by atoms with E-state index in [1.807, 2.05) is 31.3 Å². The summed E-state index contributed by atoms with van der Waals surface area (Å²) in [7, 11) is 3.84. The van der Waals surface area contributed by atoms with Gasteiger partial charge in [-0.3, -0.25) is 4.99 Å². The van der Waals surface area contributed by atoms with E-state index in [0.717, 1.165) is 42.4 Å². The van der Waals surface area contributed by atoms with Crippen molar-refractivity contribution in [3.05, 3.63) is 36.4 Å². The van der Waals surface area contributed by atoms with Gasteiger partial charge in [0, 0.05) is 27.2 Å². The van der Waals surface area contributed by atoms with Crippen molar-refractivity contribution in [2.45, 2.75) is 19.4 Å². The summed E-state index contributed by atoms with van der Waals surface area (Å²) in [5, 5.41) is 3.36. The summed E-state index contributed by atoms with van der Waals surface area (Å²) in [6, 6.07) is 5.97. The largest absolute Gasteiger partial charge is 0.454 e. The number of allylic oxidation sites excluding steroid dienone is 1. The molecular weight excluding hydrogens is 393 g/mol. The highest BCUT2D eigenvalue weighted by Gasteiger charge is 2.13. The number of benzene rings is 1. The summed E-state index contributed by atoms with van der Waals surface area (Å²) < 4.78 is 10.7. The zero-order valence-corrected chi connectivity index (χ0v) is 15.5. The average Bonchev–Trinajstić information content (AvgIpc) is 2.95. The normalized spacial score (nSPS) is 12.5. The fourth-order valence-electron chi connectivity index (χ4n) is 2.20. The van der Waals surface area contributed by atoms with Crippen LogP contribution in [0.4, 0.5) is 0 Å². The lowest BCUT2D eigenvalue weighted by atomic mass is 10.2. The maximum atomic E-state index is 5.39. The van der Waals surface area contributed by atoms with Crippen LogP contribution in [0.5, 0.6) is 11.5 Å². The molecule has 0 aliphatic carbocycles. The number of fused-ring (bicyclic) bond motifs is 1. The molecule has 0 amide bonds. The maximum Gasteiger partial charge on any atom is 0.231 e. The first-order valence-corrected chi connectivity index (χ1v) is 7.16. The van der Waals surface area contributed by atoms with E-state index in [9.17, 15) is 0 Å². The lowest BCUT2D eigenvalue weighted by Gasteiger charge is -2.21. The number of halogens is 1. The Morgan fingerprint density at radius 1 is 1.41 bits per heavy atom. The number of unbranched alkanes of at least 4 members (excludes halogenated alkanes) is 1. The molecule has 1 aliphatic rings. The number of nitrogens with zero attached hydrogens (tertiary/aromatic N) is 2. The maximum absolute atomic E-state index is 5.39. The number of hydrogen-bond acceptors (Lipinski definition) is 3. The van der Waals surface area contributed by atoms with Crippen LogP contribution in [-0.4, -0.2) is 38.3 Å². The van der Waals surface area contributed by atoms with E-state index in [0.29, 0.717) is 13.3 Å². The minimum absolute atomic E-state index is 0. The highest BCUT2D eigenvalue weighted by molar-refractivity contribution is 14.0. The van der Waals surface area contributed by atoms with Crippen molar-refractivity contribution in [3.63, 3.8) is 0 Å². The Hall–Kier alpha value is -1.44. The van der Waals surface area contributed by atoms with Crippen molar-refractivity contribution in [2.24, 2.45) is 4.99 Å². The van der Waals surface area contributed by atoms with Gasteiger partial charge in [-0.2, -0.15) is 0 Å². The van der Waals surface area contributed by atoms with E-state index in [1.54, 1.807) is 7.05 Å². The second-order valence-corrected chi connectivity index (χ2v) is 4.94. The number of rotatable bonds is 6. The quantitative estimate of drug-likeness (QED) is 0.254. The molecule has 0 spiro atoms. The van der Waals surface area contributed by atoms with Gasteiger partial charge < -0.3 is 19.7 Å². The minimum atomic E-state index is 0. The molecule has 122 valence electrons. The summed E-state index contributed by atoms with van der Waals surface area (Å²) in [5.41, 5.74) is 1.14. The van der Waals surface area contributed by atoms with E-state index >= 15 is 0 Å². The molecule has 6 heteroatoms. The molecule has 0 atom stereocenters. The second kappa shape index (κ2) is 9.55. The Balaban J connectivity index is 0.00000242. The number of hydrogen-bond donors (Lipinski definition) is 1. The molecular formula is C16H24IN3O2. The van der Waals surface area contributed by atoms with Crippen LogP contribution >= 0.6 is 24.0 Å². The molecule has 1 aliphatic heterocycles. The highest BCUT2D eigenvalue weighted by Crippen LogP contribution is 2.32. The Morgan fingerprint density at radius 3 is 2.91 bits per heavy atom. The Bertz CT molecular complexity index is 520. The van der Waals surface area contributed by atoms with Gasteiger partial charge in [0.25, 0.3) is 0 Å². The molecule has 2 rings (SSSR count). The van der Waals surface area contributed by atoms with Crippen molar-refractivity contribution in [2.75, 3.05) is 27.4 Å². The van der Waals surface area contributed by atoms with Crippen LogP contribution in [0.3, 0.4) is 0 Å². The molecule has 1 heterocycles. The molecule has 0 radical (unpaired) electrons. The Kier molecular flexibility index (Phi) is 8.08. The molecule has 0 unspecified atom stereocenters. The van der Waals surface area contributed by atoms with Gasteiger partial charge >= 0.3 is 0 Å². The van der Waals surface area contributed by atoms with Crippen LogP contribution in [0.2, 0.25) is 0 Å². The number of nitrogens with one attached hydrogen (secondary N) is 1. The molecule has 1 aromatic rings. The molecule has 0 fully saturated rings. The predicted octanol–water partition coefficient (Wildman–Crippen LogP) is 3.01. The van der Waals surface area contributed by atoms with Crippen LogP contribution in [0.1, 0.15) is 18.4 Å². The van der Waals surface area contributed by atoms with Gasteiger partial charge in [0.15, 0.2) is 17.5 Å². The smallest absolute Gasteiger partial charge is 0.231 e. The highest BCUT2D eigenvalue weighted by atomic mass is 127. The molecule has 5 nitrogen and oxygen atoms in total. The summed E-state index contributed by atoms with van der Waals surface area (Å²) >= 11 is 0. The van der Waals surface area contributed by atoms with E-state index in [-0.39, 0.29) is 24.0 Å². The van der Waals surface area contributed by atoms with Crippen LogP contribution in [0.25, 0.3) is 0 Å². The van der Waals surface area contributed by atoms with Crippen molar-refractivity contribution in [1.82, 2.24) is 10.2 Å². The van der Waals surface area contributed by atoms with Gasteiger partial charge in [0.05, 0.1) is 0 Å². The second-order valence-electron chi connectivity index (χ2n) is 4.94. The third-order valence-electron chi connectivity index (χ3n) is 3.36. The van der Waals surface area contributed by atoms with Crippen molar-refractivity contribution >= 4 is 29.9 Å². The van der Waals surface area contributed by atoms with Gasteiger partial charge in [-0.15, -0.1) is 30.6 Å². The molecule has 0 aromatic heterocycles. The van der Waals surface area contributed by atoms with Gasteiger partial charge in [-0.1, -0.05) is 12.1 Å². The van der Waals surface area contributed by atoms with Crippen LogP contribution in [0.15, 0.2) is 35.8 Å². The van der Waals surface area contributed by atoms with E-state index in [2.05, 4.69) is 21.8 Å². The van der Waals surface area contributed by atoms with Crippen molar-refractivity contribution < 1.29 is 9.47 Å². The fraction of sp³-hybridized carbons (Fsp3) is 0.438. The molecule has 0 saturated heterocycles. The van der Waals surface area contributed by atoms with Crippen molar-refractivity contribution in [1.29, 1.82) is 0 Å². The van der Waals surface area contributed by atoms with Crippen LogP contribution < -0.4 is 14.8 Å². The predicted molar refractivity (Wildman–Crippen MR) is 100 cm³/mol. The zero-order chi connectivity index (χ0) is 15.1. The van der Waals surface area contributed by atoms with E-state index in [1.165, 1.54) is 0 Å². The van der Waals surface area contributed by atoms with Crippen molar-refractivity contribution in [3.8, 4) is 11.5 Å². The molecule has 1 aromatic carbocycles. The average molecular weight is 417 g/mol. The third-order valence-corrected chi connectivity index (χ3v) is 3.36. The van der Waals surface area contributed by atoms with E-state index in [4.69, 9.17) is 9.47 Å². The van der Waals surface area contributed by atoms with Gasteiger partial charge in [-0.25, -0.2) is 0 Å². The first-order chi connectivity index (χ1) is 10.2. The summed E-state index contributed by atoms with van der Waals surface area (Å²) in [6.07, 6.45) is 4.03.